The normalized spacial score (nSPS) is 20.8. The molecule has 0 saturated carbocycles. The molecule has 1 rings (SSSR count). The number of carbonyl (C=O) groups is 1. The minimum Gasteiger partial charge on any atom is -0.354 e. The fourth-order valence-electron chi connectivity index (χ4n) is 2.03. The zero-order valence-corrected chi connectivity index (χ0v) is 10.5. The van der Waals surface area contributed by atoms with Crippen molar-refractivity contribution in [2.45, 2.75) is 51.5 Å². The molecular weight excluding hydrogens is 200 g/mol. The maximum Gasteiger partial charge on any atom is 0.240 e. The van der Waals surface area contributed by atoms with Gasteiger partial charge in [-0.1, -0.05) is 26.0 Å². The van der Waals surface area contributed by atoms with Gasteiger partial charge >= 0.3 is 0 Å². The molecule has 3 heteroatoms. The number of rotatable bonds is 5. The second kappa shape index (κ2) is 6.04. The first-order valence-electron chi connectivity index (χ1n) is 6.34. The number of nitrogens with one attached hydrogen (secondary N) is 1. The number of carbonyl (C=O) groups excluding carboxylic acids is 1. The molecule has 1 atom stereocenters. The van der Waals surface area contributed by atoms with E-state index in [1.165, 1.54) is 6.42 Å². The molecule has 0 aromatic rings. The van der Waals surface area contributed by atoms with Crippen LogP contribution in [-0.2, 0) is 4.79 Å². The molecule has 0 fully saturated rings. The van der Waals surface area contributed by atoms with Crippen LogP contribution < -0.4 is 11.1 Å². The molecule has 1 unspecified atom stereocenters. The van der Waals surface area contributed by atoms with E-state index in [0.29, 0.717) is 18.8 Å². The zero-order chi connectivity index (χ0) is 12.0. The van der Waals surface area contributed by atoms with Crippen LogP contribution in [0.4, 0.5) is 0 Å². The Balaban J connectivity index is 2.36. The minimum absolute atomic E-state index is 0.00653. The Morgan fingerprint density at radius 1 is 1.44 bits per heavy atom. The van der Waals surface area contributed by atoms with E-state index >= 15 is 0 Å². The number of hydrogen-bond donors (Lipinski definition) is 2. The molecule has 0 aromatic heterocycles. The van der Waals surface area contributed by atoms with Gasteiger partial charge < -0.3 is 11.1 Å². The number of amides is 1. The largest absolute Gasteiger partial charge is 0.354 e. The summed E-state index contributed by atoms with van der Waals surface area (Å²) in [7, 11) is 0. The van der Waals surface area contributed by atoms with Crippen molar-refractivity contribution in [2.75, 3.05) is 6.54 Å². The average Bonchev–Trinajstić information content (AvgIpc) is 2.36. The molecule has 1 amide bonds. The lowest BCUT2D eigenvalue weighted by molar-refractivity contribution is -0.126. The average molecular weight is 224 g/mol. The maximum atomic E-state index is 11.9. The molecule has 0 heterocycles. The molecular formula is C13H24N2O. The van der Waals surface area contributed by atoms with Crippen LogP contribution >= 0.6 is 0 Å². The first kappa shape index (κ1) is 13.2. The van der Waals surface area contributed by atoms with Crippen molar-refractivity contribution in [3.63, 3.8) is 0 Å². The number of allylic oxidation sites excluding steroid dienone is 2. The molecule has 3 N–H and O–H groups in total. The Kier molecular flexibility index (Phi) is 5.00. The van der Waals surface area contributed by atoms with Crippen molar-refractivity contribution >= 4 is 5.91 Å². The molecule has 3 nitrogen and oxygen atoms in total. The predicted octanol–water partition coefficient (Wildman–Crippen LogP) is 1.98. The summed E-state index contributed by atoms with van der Waals surface area (Å²) < 4.78 is 0. The van der Waals surface area contributed by atoms with Crippen LogP contribution in [0.1, 0.15) is 46.0 Å². The van der Waals surface area contributed by atoms with Crippen LogP contribution in [0.25, 0.3) is 0 Å². The topological polar surface area (TPSA) is 55.1 Å². The van der Waals surface area contributed by atoms with Crippen LogP contribution in [0, 0.1) is 5.92 Å². The van der Waals surface area contributed by atoms with E-state index in [9.17, 15) is 4.79 Å². The monoisotopic (exact) mass is 224 g/mol. The molecule has 0 aliphatic heterocycles. The van der Waals surface area contributed by atoms with Crippen molar-refractivity contribution < 1.29 is 4.79 Å². The Morgan fingerprint density at radius 3 is 2.62 bits per heavy atom. The number of hydrogen-bond acceptors (Lipinski definition) is 2. The molecule has 92 valence electrons. The van der Waals surface area contributed by atoms with Gasteiger partial charge in [0.2, 0.25) is 5.91 Å². The molecule has 16 heavy (non-hydrogen) atoms. The van der Waals surface area contributed by atoms with Gasteiger partial charge in [0.25, 0.3) is 0 Å². The van der Waals surface area contributed by atoms with E-state index in [1.54, 1.807) is 0 Å². The molecule has 1 aliphatic rings. The zero-order valence-electron chi connectivity index (χ0n) is 10.5. The molecule has 0 bridgehead atoms. The third-order valence-corrected chi connectivity index (χ3v) is 3.64. The van der Waals surface area contributed by atoms with Crippen LogP contribution in [0.2, 0.25) is 0 Å². The highest BCUT2D eigenvalue weighted by molar-refractivity contribution is 5.85. The Morgan fingerprint density at radius 2 is 2.12 bits per heavy atom. The van der Waals surface area contributed by atoms with E-state index in [-0.39, 0.29) is 5.91 Å². The molecule has 0 spiro atoms. The molecule has 0 radical (unpaired) electrons. The summed E-state index contributed by atoms with van der Waals surface area (Å²) >= 11 is 0. The van der Waals surface area contributed by atoms with Gasteiger partial charge in [-0.05, 0) is 38.0 Å². The van der Waals surface area contributed by atoms with E-state index in [1.807, 2.05) is 13.8 Å². The lowest BCUT2D eigenvalue weighted by Gasteiger charge is -2.27. The second-order valence-electron chi connectivity index (χ2n) is 4.72. The van der Waals surface area contributed by atoms with Crippen LogP contribution in [0.5, 0.6) is 0 Å². The Bertz CT molecular complexity index is 257. The van der Waals surface area contributed by atoms with Gasteiger partial charge in [-0.25, -0.2) is 0 Å². The summed E-state index contributed by atoms with van der Waals surface area (Å²) in [4.78, 5) is 11.9. The molecule has 1 aliphatic carbocycles. The summed E-state index contributed by atoms with van der Waals surface area (Å²) in [6.45, 7) is 4.70. The second-order valence-corrected chi connectivity index (χ2v) is 4.72. The van der Waals surface area contributed by atoms with Crippen LogP contribution in [0.15, 0.2) is 12.2 Å². The van der Waals surface area contributed by atoms with Crippen molar-refractivity contribution in [2.24, 2.45) is 11.7 Å². The van der Waals surface area contributed by atoms with Gasteiger partial charge in [0.1, 0.15) is 0 Å². The van der Waals surface area contributed by atoms with E-state index in [2.05, 4.69) is 17.5 Å². The van der Waals surface area contributed by atoms with Crippen LogP contribution in [0.3, 0.4) is 0 Å². The fourth-order valence-corrected chi connectivity index (χ4v) is 2.03. The minimum atomic E-state index is -0.676. The maximum absolute atomic E-state index is 11.9. The molecule has 0 saturated heterocycles. The van der Waals surface area contributed by atoms with Gasteiger partial charge in [0.05, 0.1) is 5.54 Å². The third kappa shape index (κ3) is 3.34. The Labute approximate surface area is 98.5 Å². The first-order valence-corrected chi connectivity index (χ1v) is 6.34. The van der Waals surface area contributed by atoms with E-state index in [4.69, 9.17) is 5.73 Å². The van der Waals surface area contributed by atoms with Gasteiger partial charge in [-0.15, -0.1) is 0 Å². The van der Waals surface area contributed by atoms with Crippen molar-refractivity contribution in [3.8, 4) is 0 Å². The SMILES string of the molecule is CCC(N)(CC)C(=O)NCC1CC=CCC1. The van der Waals surface area contributed by atoms with Crippen LogP contribution in [-0.4, -0.2) is 18.0 Å². The summed E-state index contributed by atoms with van der Waals surface area (Å²) in [6.07, 6.45) is 9.19. The van der Waals surface area contributed by atoms with Crippen molar-refractivity contribution in [1.82, 2.24) is 5.32 Å². The van der Waals surface area contributed by atoms with E-state index in [0.717, 1.165) is 19.4 Å². The predicted molar refractivity (Wildman–Crippen MR) is 67.0 cm³/mol. The highest BCUT2D eigenvalue weighted by Gasteiger charge is 2.29. The van der Waals surface area contributed by atoms with E-state index < -0.39 is 5.54 Å². The smallest absolute Gasteiger partial charge is 0.240 e. The van der Waals surface area contributed by atoms with Crippen molar-refractivity contribution in [3.05, 3.63) is 12.2 Å². The quantitative estimate of drug-likeness (QED) is 0.702. The summed E-state index contributed by atoms with van der Waals surface area (Å²) in [5.74, 6) is 0.596. The highest BCUT2D eigenvalue weighted by atomic mass is 16.2. The van der Waals surface area contributed by atoms with Gasteiger partial charge in [0.15, 0.2) is 0 Å². The third-order valence-electron chi connectivity index (χ3n) is 3.64. The summed E-state index contributed by atoms with van der Waals surface area (Å²) in [6, 6.07) is 0. The lowest BCUT2D eigenvalue weighted by Crippen LogP contribution is -2.53. The summed E-state index contributed by atoms with van der Waals surface area (Å²) in [5.41, 5.74) is 5.35. The highest BCUT2D eigenvalue weighted by Crippen LogP contribution is 2.18. The lowest BCUT2D eigenvalue weighted by atomic mass is 9.91. The fraction of sp³-hybridized carbons (Fsp3) is 0.769. The molecule has 0 aromatic carbocycles. The first-order chi connectivity index (χ1) is 7.62. The van der Waals surface area contributed by atoms with Gasteiger partial charge in [-0.2, -0.15) is 0 Å². The number of nitrogens with two attached hydrogens (primary N) is 1. The van der Waals surface area contributed by atoms with Crippen molar-refractivity contribution in [1.29, 1.82) is 0 Å². The summed E-state index contributed by atoms with van der Waals surface area (Å²) in [5, 5.41) is 3.00. The van der Waals surface area contributed by atoms with Gasteiger partial charge in [-0.3, -0.25) is 4.79 Å². The van der Waals surface area contributed by atoms with Gasteiger partial charge in [0, 0.05) is 6.54 Å². The standard InChI is InChI=1S/C13H24N2O/c1-3-13(14,4-2)12(16)15-10-11-8-6-5-7-9-11/h5-6,11H,3-4,7-10,14H2,1-2H3,(H,15,16). The Hall–Kier alpha value is -0.830.